The minimum Gasteiger partial charge on any atom is -0.444 e. The molecule has 1 saturated carbocycles. The fraction of sp³-hybridized carbons (Fsp3) is 0.650. The highest BCUT2D eigenvalue weighted by molar-refractivity contribution is 5.76. The molecule has 10 heteroatoms. The third-order valence-corrected chi connectivity index (χ3v) is 4.94. The van der Waals surface area contributed by atoms with Gasteiger partial charge in [0.2, 0.25) is 5.91 Å². The number of rotatable bonds is 6. The second-order valence-electron chi connectivity index (χ2n) is 8.71. The van der Waals surface area contributed by atoms with Crippen LogP contribution in [0.5, 0.6) is 0 Å². The van der Waals surface area contributed by atoms with E-state index in [2.05, 4.69) is 10.6 Å². The molecular formula is C20H30N4O6. The van der Waals surface area contributed by atoms with Crippen LogP contribution in [0, 0.1) is 10.1 Å². The number of nitrogens with zero attached hydrogens (tertiary/aromatic N) is 2. The average molecular weight is 422 g/mol. The van der Waals surface area contributed by atoms with Gasteiger partial charge in [0.25, 0.3) is 11.2 Å². The number of hydrogen-bond acceptors (Lipinski definition) is 6. The van der Waals surface area contributed by atoms with Gasteiger partial charge in [-0.3, -0.25) is 24.3 Å². The smallest absolute Gasteiger partial charge is 0.408 e. The topological polar surface area (TPSA) is 133 Å². The molecule has 10 nitrogen and oxygen atoms in total. The number of amides is 2. The molecule has 0 spiro atoms. The van der Waals surface area contributed by atoms with Crippen LogP contribution in [0.1, 0.15) is 59.3 Å². The first-order valence-electron chi connectivity index (χ1n) is 10.1. The quantitative estimate of drug-likeness (QED) is 0.411. The van der Waals surface area contributed by atoms with Gasteiger partial charge in [-0.1, -0.05) is 25.7 Å². The molecule has 0 unspecified atom stereocenters. The van der Waals surface area contributed by atoms with Gasteiger partial charge in [0.05, 0.1) is 16.7 Å². The van der Waals surface area contributed by atoms with Crippen LogP contribution in [-0.2, 0) is 16.1 Å². The Morgan fingerprint density at radius 3 is 2.40 bits per heavy atom. The maximum absolute atomic E-state index is 12.4. The van der Waals surface area contributed by atoms with E-state index in [0.29, 0.717) is 12.8 Å². The number of alkyl carbamates (subject to hydrolysis) is 1. The van der Waals surface area contributed by atoms with Crippen LogP contribution in [0.2, 0.25) is 0 Å². The molecule has 1 heterocycles. The van der Waals surface area contributed by atoms with Crippen LogP contribution in [0.4, 0.5) is 10.5 Å². The molecule has 0 saturated heterocycles. The Morgan fingerprint density at radius 1 is 1.20 bits per heavy atom. The van der Waals surface area contributed by atoms with Crippen LogP contribution in [-0.4, -0.2) is 39.2 Å². The monoisotopic (exact) mass is 422 g/mol. The molecule has 30 heavy (non-hydrogen) atoms. The number of carbonyl (C=O) groups is 2. The maximum atomic E-state index is 12.4. The zero-order chi connectivity index (χ0) is 22.4. The minimum absolute atomic E-state index is 0.189. The highest BCUT2D eigenvalue weighted by Gasteiger charge is 2.34. The molecule has 0 aromatic carbocycles. The van der Waals surface area contributed by atoms with Gasteiger partial charge >= 0.3 is 6.09 Å². The molecular weight excluding hydrogens is 392 g/mol. The van der Waals surface area contributed by atoms with E-state index < -0.39 is 33.6 Å². The molecule has 2 N–H and O–H groups in total. The maximum Gasteiger partial charge on any atom is 0.408 e. The largest absolute Gasteiger partial charge is 0.444 e. The molecule has 0 radical (unpaired) electrons. The van der Waals surface area contributed by atoms with Crippen LogP contribution in [0.15, 0.2) is 23.1 Å². The summed E-state index contributed by atoms with van der Waals surface area (Å²) >= 11 is 0. The van der Waals surface area contributed by atoms with E-state index in [0.717, 1.165) is 48.6 Å². The van der Waals surface area contributed by atoms with Crippen LogP contribution < -0.4 is 16.2 Å². The fourth-order valence-corrected chi connectivity index (χ4v) is 3.50. The normalized spacial score (nSPS) is 16.2. The van der Waals surface area contributed by atoms with Gasteiger partial charge in [-0.05, 0) is 33.6 Å². The van der Waals surface area contributed by atoms with Gasteiger partial charge in [-0.15, -0.1) is 0 Å². The average Bonchev–Trinajstić information content (AvgIpc) is 2.86. The summed E-state index contributed by atoms with van der Waals surface area (Å²) < 4.78 is 6.38. The number of nitrogens with one attached hydrogen (secondary N) is 2. The Hall–Kier alpha value is -2.91. The van der Waals surface area contributed by atoms with Crippen molar-refractivity contribution in [1.82, 2.24) is 15.2 Å². The van der Waals surface area contributed by atoms with Crippen molar-refractivity contribution in [2.45, 2.75) is 77.0 Å². The van der Waals surface area contributed by atoms with E-state index in [1.54, 1.807) is 20.8 Å². The predicted molar refractivity (Wildman–Crippen MR) is 110 cm³/mol. The lowest BCUT2D eigenvalue weighted by Crippen LogP contribution is -2.56. The fourth-order valence-electron chi connectivity index (χ4n) is 3.50. The Labute approximate surface area is 175 Å². The van der Waals surface area contributed by atoms with Gasteiger partial charge in [0.1, 0.15) is 12.1 Å². The second-order valence-corrected chi connectivity index (χ2v) is 8.71. The predicted octanol–water partition coefficient (Wildman–Crippen LogP) is 2.49. The minimum atomic E-state index is -0.637. The Bertz CT molecular complexity index is 834. The summed E-state index contributed by atoms with van der Waals surface area (Å²) in [6, 6.07) is 2.16. The van der Waals surface area contributed by atoms with Gasteiger partial charge < -0.3 is 15.4 Å². The molecule has 1 aliphatic rings. The van der Waals surface area contributed by atoms with Gasteiger partial charge in [-0.2, -0.15) is 0 Å². The molecule has 0 bridgehead atoms. The summed E-state index contributed by atoms with van der Waals surface area (Å²) in [5.74, 6) is -0.466. The summed E-state index contributed by atoms with van der Waals surface area (Å²) in [7, 11) is 0. The molecule has 2 amide bonds. The number of aromatic nitrogens is 1. The van der Waals surface area contributed by atoms with Crippen molar-refractivity contribution in [2.24, 2.45) is 0 Å². The van der Waals surface area contributed by atoms with Crippen LogP contribution >= 0.6 is 0 Å². The van der Waals surface area contributed by atoms with Crippen LogP contribution in [0.25, 0.3) is 0 Å². The molecule has 166 valence electrons. The summed E-state index contributed by atoms with van der Waals surface area (Å²) in [4.78, 5) is 47.0. The second kappa shape index (κ2) is 9.73. The molecule has 1 aromatic rings. The van der Waals surface area contributed by atoms with Gasteiger partial charge in [-0.25, -0.2) is 4.79 Å². The molecule has 2 rings (SSSR count). The van der Waals surface area contributed by atoms with Crippen LogP contribution in [0.3, 0.4) is 0 Å². The van der Waals surface area contributed by atoms with E-state index in [1.807, 2.05) is 0 Å². The summed E-state index contributed by atoms with van der Waals surface area (Å²) in [6.45, 7) is 5.19. The highest BCUT2D eigenvalue weighted by atomic mass is 16.6. The number of nitro groups is 1. The summed E-state index contributed by atoms with van der Waals surface area (Å²) in [5.41, 5.74) is -2.05. The van der Waals surface area contributed by atoms with Crippen molar-refractivity contribution in [3.63, 3.8) is 0 Å². The van der Waals surface area contributed by atoms with E-state index in [1.165, 1.54) is 0 Å². The first-order chi connectivity index (χ1) is 14.0. The molecule has 0 aliphatic heterocycles. The van der Waals surface area contributed by atoms with Crippen molar-refractivity contribution >= 4 is 17.7 Å². The highest BCUT2D eigenvalue weighted by Crippen LogP contribution is 2.27. The summed E-state index contributed by atoms with van der Waals surface area (Å²) in [6.07, 6.45) is 5.83. The van der Waals surface area contributed by atoms with E-state index in [4.69, 9.17) is 4.74 Å². The first-order valence-corrected chi connectivity index (χ1v) is 10.1. The third-order valence-electron chi connectivity index (χ3n) is 4.94. The van der Waals surface area contributed by atoms with E-state index in [-0.39, 0.29) is 18.8 Å². The van der Waals surface area contributed by atoms with E-state index in [9.17, 15) is 24.5 Å². The number of ether oxygens (including phenoxy) is 1. The SMILES string of the molecule is CC(C)(C)OC(=O)NC1(CNC(=O)Cn2cc([N+](=O)[O-])ccc2=O)CCCCCC1. The third kappa shape index (κ3) is 7.16. The lowest BCUT2D eigenvalue weighted by Gasteiger charge is -2.35. The lowest BCUT2D eigenvalue weighted by atomic mass is 9.90. The molecule has 1 fully saturated rings. The van der Waals surface area contributed by atoms with Crippen molar-refractivity contribution in [1.29, 1.82) is 0 Å². The first kappa shape index (κ1) is 23.4. The zero-order valence-electron chi connectivity index (χ0n) is 17.7. The summed E-state index contributed by atoms with van der Waals surface area (Å²) in [5, 5.41) is 16.6. The number of hydrogen-bond donors (Lipinski definition) is 2. The Balaban J connectivity index is 2.06. The van der Waals surface area contributed by atoms with Crippen molar-refractivity contribution in [3.05, 3.63) is 38.8 Å². The van der Waals surface area contributed by atoms with Gasteiger partial charge in [0, 0.05) is 18.7 Å². The molecule has 0 atom stereocenters. The number of carbonyl (C=O) groups excluding carboxylic acids is 2. The standard InChI is InChI=1S/C20H30N4O6/c1-19(2,3)30-18(27)22-20(10-6-4-5-7-11-20)14-21-16(25)13-23-12-15(24(28)29)8-9-17(23)26/h8-9,12H,4-7,10-11,13-14H2,1-3H3,(H,21,25)(H,22,27). The Morgan fingerprint density at radius 2 is 1.83 bits per heavy atom. The van der Waals surface area contributed by atoms with Crippen molar-refractivity contribution in [3.8, 4) is 0 Å². The van der Waals surface area contributed by atoms with E-state index >= 15 is 0 Å². The van der Waals surface area contributed by atoms with Crippen molar-refractivity contribution < 1.29 is 19.2 Å². The zero-order valence-corrected chi connectivity index (χ0v) is 17.7. The Kier molecular flexibility index (Phi) is 7.58. The van der Waals surface area contributed by atoms with Gasteiger partial charge in [0.15, 0.2) is 0 Å². The van der Waals surface area contributed by atoms with Crippen molar-refractivity contribution in [2.75, 3.05) is 6.54 Å². The molecule has 1 aliphatic carbocycles. The lowest BCUT2D eigenvalue weighted by molar-refractivity contribution is -0.385. The number of pyridine rings is 1. The molecule has 1 aromatic heterocycles.